The molecular formula is C16H25N3O2. The smallest absolute Gasteiger partial charge is 0.239 e. The molecule has 1 amide bonds. The molecule has 1 aliphatic rings. The van der Waals surface area contributed by atoms with Gasteiger partial charge >= 0.3 is 0 Å². The van der Waals surface area contributed by atoms with E-state index in [2.05, 4.69) is 17.0 Å². The van der Waals surface area contributed by atoms with Crippen molar-refractivity contribution in [3.63, 3.8) is 0 Å². The Labute approximate surface area is 126 Å². The zero-order valence-corrected chi connectivity index (χ0v) is 12.4. The lowest BCUT2D eigenvalue weighted by molar-refractivity contribution is -0.134. The first-order valence-corrected chi connectivity index (χ1v) is 7.62. The van der Waals surface area contributed by atoms with E-state index in [1.165, 1.54) is 5.56 Å². The average Bonchev–Trinajstić information content (AvgIpc) is 2.54. The van der Waals surface area contributed by atoms with Crippen LogP contribution in [0.15, 0.2) is 30.3 Å². The summed E-state index contributed by atoms with van der Waals surface area (Å²) in [5, 5.41) is 8.92. The molecule has 5 nitrogen and oxygen atoms in total. The molecule has 1 atom stereocenters. The van der Waals surface area contributed by atoms with Crippen LogP contribution in [0.5, 0.6) is 0 Å². The molecule has 0 bridgehead atoms. The van der Waals surface area contributed by atoms with Gasteiger partial charge in [0.25, 0.3) is 0 Å². The van der Waals surface area contributed by atoms with Gasteiger partial charge in [-0.2, -0.15) is 0 Å². The number of nitrogens with two attached hydrogens (primary N) is 1. The Morgan fingerprint density at radius 2 is 1.86 bits per heavy atom. The highest BCUT2D eigenvalue weighted by molar-refractivity contribution is 5.81. The summed E-state index contributed by atoms with van der Waals surface area (Å²) in [5.74, 6) is 0.0505. The number of hydrogen-bond acceptors (Lipinski definition) is 4. The van der Waals surface area contributed by atoms with Gasteiger partial charge in [0.1, 0.15) is 0 Å². The number of aryl methyl sites for hydroxylation is 1. The summed E-state index contributed by atoms with van der Waals surface area (Å²) >= 11 is 0. The summed E-state index contributed by atoms with van der Waals surface area (Å²) in [6.45, 7) is 3.90. The molecule has 116 valence electrons. The number of aliphatic hydroxyl groups excluding tert-OH is 1. The number of carbonyl (C=O) groups is 1. The first kappa shape index (κ1) is 15.9. The van der Waals surface area contributed by atoms with Crippen LogP contribution in [0.4, 0.5) is 0 Å². The van der Waals surface area contributed by atoms with Crippen molar-refractivity contribution in [2.45, 2.75) is 18.9 Å². The van der Waals surface area contributed by atoms with Gasteiger partial charge in [0.15, 0.2) is 0 Å². The van der Waals surface area contributed by atoms with Crippen molar-refractivity contribution in [2.24, 2.45) is 5.73 Å². The third-order valence-corrected chi connectivity index (χ3v) is 4.00. The minimum Gasteiger partial charge on any atom is -0.395 e. The van der Waals surface area contributed by atoms with Crippen LogP contribution in [0.25, 0.3) is 0 Å². The molecule has 5 heteroatoms. The zero-order valence-electron chi connectivity index (χ0n) is 12.4. The molecule has 0 aliphatic carbocycles. The summed E-state index contributed by atoms with van der Waals surface area (Å²) in [7, 11) is 0. The SMILES string of the molecule is N[C@@H](CCc1ccccc1)C(=O)N1CCN(CCO)CC1. The molecule has 0 unspecified atom stereocenters. The second kappa shape index (κ2) is 8.12. The van der Waals surface area contributed by atoms with Gasteiger partial charge in [0.2, 0.25) is 5.91 Å². The standard InChI is InChI=1S/C16H25N3O2/c17-15(7-6-14-4-2-1-3-5-14)16(21)19-10-8-18(9-11-19)12-13-20/h1-5,15,20H,6-13,17H2/t15-/m0/s1. The van der Waals surface area contributed by atoms with Gasteiger partial charge in [-0.3, -0.25) is 9.69 Å². The number of piperazine rings is 1. The van der Waals surface area contributed by atoms with Crippen molar-refractivity contribution < 1.29 is 9.90 Å². The molecule has 1 saturated heterocycles. The molecule has 3 N–H and O–H groups in total. The lowest BCUT2D eigenvalue weighted by Crippen LogP contribution is -2.53. The topological polar surface area (TPSA) is 69.8 Å². The summed E-state index contributed by atoms with van der Waals surface area (Å²) < 4.78 is 0. The molecule has 2 rings (SSSR count). The van der Waals surface area contributed by atoms with Gasteiger partial charge in [0.05, 0.1) is 12.6 Å². The van der Waals surface area contributed by atoms with Crippen LogP contribution in [0.1, 0.15) is 12.0 Å². The minimum atomic E-state index is -0.422. The van der Waals surface area contributed by atoms with Crippen molar-refractivity contribution in [1.82, 2.24) is 9.80 Å². The molecule has 1 fully saturated rings. The number of rotatable bonds is 6. The number of β-amino-alcohol motifs (C(OH)–C–C–N with tert-alkyl or cyclic N) is 1. The second-order valence-electron chi connectivity index (χ2n) is 5.52. The lowest BCUT2D eigenvalue weighted by atomic mass is 10.0. The number of amides is 1. The predicted molar refractivity (Wildman–Crippen MR) is 82.8 cm³/mol. The molecule has 0 spiro atoms. The van der Waals surface area contributed by atoms with Crippen LogP contribution in [-0.2, 0) is 11.2 Å². The fourth-order valence-corrected chi connectivity index (χ4v) is 2.66. The average molecular weight is 291 g/mol. The van der Waals surface area contributed by atoms with E-state index < -0.39 is 6.04 Å². The van der Waals surface area contributed by atoms with Crippen LogP contribution in [0, 0.1) is 0 Å². The summed E-state index contributed by atoms with van der Waals surface area (Å²) in [6, 6.07) is 9.69. The highest BCUT2D eigenvalue weighted by atomic mass is 16.3. The number of aliphatic hydroxyl groups is 1. The van der Waals surface area contributed by atoms with E-state index >= 15 is 0 Å². The first-order valence-electron chi connectivity index (χ1n) is 7.62. The van der Waals surface area contributed by atoms with Crippen molar-refractivity contribution in [3.05, 3.63) is 35.9 Å². The van der Waals surface area contributed by atoms with Crippen LogP contribution >= 0.6 is 0 Å². The van der Waals surface area contributed by atoms with E-state index in [1.54, 1.807) is 0 Å². The van der Waals surface area contributed by atoms with Crippen LogP contribution in [0.3, 0.4) is 0 Å². The number of carbonyl (C=O) groups excluding carboxylic acids is 1. The highest BCUT2D eigenvalue weighted by Crippen LogP contribution is 2.08. The summed E-state index contributed by atoms with van der Waals surface area (Å²) in [5.41, 5.74) is 7.26. The van der Waals surface area contributed by atoms with Crippen molar-refractivity contribution >= 4 is 5.91 Å². The quantitative estimate of drug-likeness (QED) is 0.779. The maximum atomic E-state index is 12.3. The normalized spacial score (nSPS) is 17.7. The zero-order chi connectivity index (χ0) is 15.1. The number of benzene rings is 1. The molecule has 0 aromatic heterocycles. The summed E-state index contributed by atoms with van der Waals surface area (Å²) in [6.07, 6.45) is 1.51. The van der Waals surface area contributed by atoms with Crippen LogP contribution < -0.4 is 5.73 Å². The lowest BCUT2D eigenvalue weighted by Gasteiger charge is -2.35. The molecule has 0 saturated carbocycles. The van der Waals surface area contributed by atoms with Gasteiger partial charge in [-0.25, -0.2) is 0 Å². The van der Waals surface area contributed by atoms with Crippen LogP contribution in [-0.4, -0.2) is 66.2 Å². The largest absolute Gasteiger partial charge is 0.395 e. The molecule has 21 heavy (non-hydrogen) atoms. The van der Waals surface area contributed by atoms with Gasteiger partial charge in [0, 0.05) is 32.7 Å². The van der Waals surface area contributed by atoms with Gasteiger partial charge in [-0.05, 0) is 18.4 Å². The van der Waals surface area contributed by atoms with Gasteiger partial charge < -0.3 is 15.7 Å². The number of hydrogen-bond donors (Lipinski definition) is 2. The number of nitrogens with zero attached hydrogens (tertiary/aromatic N) is 2. The van der Waals surface area contributed by atoms with E-state index in [0.717, 1.165) is 19.5 Å². The Kier molecular flexibility index (Phi) is 6.17. The Morgan fingerprint density at radius 3 is 2.48 bits per heavy atom. The maximum absolute atomic E-state index is 12.3. The Morgan fingerprint density at radius 1 is 1.19 bits per heavy atom. The van der Waals surface area contributed by atoms with Crippen molar-refractivity contribution in [2.75, 3.05) is 39.3 Å². The fraction of sp³-hybridized carbons (Fsp3) is 0.562. The first-order chi connectivity index (χ1) is 10.2. The van der Waals surface area contributed by atoms with E-state index in [-0.39, 0.29) is 12.5 Å². The Hall–Kier alpha value is -1.43. The van der Waals surface area contributed by atoms with Crippen LogP contribution in [0.2, 0.25) is 0 Å². The second-order valence-corrected chi connectivity index (χ2v) is 5.52. The van der Waals surface area contributed by atoms with Crippen molar-refractivity contribution in [1.29, 1.82) is 0 Å². The third kappa shape index (κ3) is 4.81. The Bertz CT molecular complexity index is 430. The van der Waals surface area contributed by atoms with E-state index in [4.69, 9.17) is 10.8 Å². The molecule has 1 heterocycles. The fourth-order valence-electron chi connectivity index (χ4n) is 2.66. The Balaban J connectivity index is 1.75. The molecule has 0 radical (unpaired) electrons. The predicted octanol–water partition coefficient (Wildman–Crippen LogP) is 0.0830. The minimum absolute atomic E-state index is 0.0505. The molecular weight excluding hydrogens is 266 g/mol. The molecule has 1 aliphatic heterocycles. The highest BCUT2D eigenvalue weighted by Gasteiger charge is 2.24. The molecule has 1 aromatic rings. The van der Waals surface area contributed by atoms with Crippen molar-refractivity contribution in [3.8, 4) is 0 Å². The monoisotopic (exact) mass is 291 g/mol. The van der Waals surface area contributed by atoms with Gasteiger partial charge in [-0.1, -0.05) is 30.3 Å². The summed E-state index contributed by atoms with van der Waals surface area (Å²) in [4.78, 5) is 16.3. The van der Waals surface area contributed by atoms with Gasteiger partial charge in [-0.15, -0.1) is 0 Å². The third-order valence-electron chi connectivity index (χ3n) is 4.00. The van der Waals surface area contributed by atoms with E-state index in [1.807, 2.05) is 23.1 Å². The van der Waals surface area contributed by atoms with E-state index in [0.29, 0.717) is 26.1 Å². The molecule has 1 aromatic carbocycles. The maximum Gasteiger partial charge on any atom is 0.239 e. The van der Waals surface area contributed by atoms with E-state index in [9.17, 15) is 4.79 Å².